The molecule has 2 heterocycles. The summed E-state index contributed by atoms with van der Waals surface area (Å²) >= 11 is 1.39. The van der Waals surface area contributed by atoms with Gasteiger partial charge in [0.05, 0.1) is 16.8 Å². The number of rotatable bonds is 3. The van der Waals surface area contributed by atoms with Crippen LogP contribution in [-0.4, -0.2) is 73.1 Å². The molecule has 0 aromatic rings. The van der Waals surface area contributed by atoms with E-state index in [2.05, 4.69) is 0 Å². The zero-order valence-corrected chi connectivity index (χ0v) is 12.5. The van der Waals surface area contributed by atoms with E-state index in [1.165, 1.54) is 11.8 Å². The maximum Gasteiger partial charge on any atom is 0.322 e. The van der Waals surface area contributed by atoms with Gasteiger partial charge in [0.1, 0.15) is 6.04 Å². The fourth-order valence-electron chi connectivity index (χ4n) is 2.27. The van der Waals surface area contributed by atoms with Gasteiger partial charge in [-0.3, -0.25) is 4.79 Å². The van der Waals surface area contributed by atoms with Crippen molar-refractivity contribution < 1.29 is 26.7 Å². The number of carboxylic acids is 1. The summed E-state index contributed by atoms with van der Waals surface area (Å²) < 4.78 is 48.5. The molecule has 2 saturated heterocycles. The van der Waals surface area contributed by atoms with Crippen LogP contribution in [0.3, 0.4) is 0 Å². The number of hydrogen-bond donors (Lipinski definition) is 1. The summed E-state index contributed by atoms with van der Waals surface area (Å²) in [6.45, 7) is 0.126. The molecule has 0 saturated carbocycles. The number of hydrogen-bond acceptors (Lipinski definition) is 6. The van der Waals surface area contributed by atoms with Crippen molar-refractivity contribution in [1.29, 1.82) is 0 Å². The quantitative estimate of drug-likeness (QED) is 0.707. The molecule has 2 unspecified atom stereocenters. The largest absolute Gasteiger partial charge is 0.480 e. The molecular weight excluding hydrogens is 314 g/mol. The normalized spacial score (nSPS) is 32.2. The van der Waals surface area contributed by atoms with Crippen molar-refractivity contribution in [3.8, 4) is 0 Å². The van der Waals surface area contributed by atoms with Gasteiger partial charge in [-0.15, -0.1) is 0 Å². The molecule has 0 radical (unpaired) electrons. The molecule has 110 valence electrons. The molecule has 0 spiro atoms. The molecule has 2 atom stereocenters. The minimum Gasteiger partial charge on any atom is -0.480 e. The van der Waals surface area contributed by atoms with Gasteiger partial charge in [0, 0.05) is 18.1 Å². The topological polar surface area (TPSA) is 109 Å². The van der Waals surface area contributed by atoms with Crippen LogP contribution in [0.2, 0.25) is 0 Å². The molecule has 19 heavy (non-hydrogen) atoms. The molecule has 0 amide bonds. The Morgan fingerprint density at radius 1 is 1.37 bits per heavy atom. The molecule has 2 rings (SSSR count). The molecule has 7 nitrogen and oxygen atoms in total. The van der Waals surface area contributed by atoms with Gasteiger partial charge < -0.3 is 5.11 Å². The third kappa shape index (κ3) is 3.06. The molecule has 2 aliphatic rings. The van der Waals surface area contributed by atoms with E-state index in [1.807, 2.05) is 0 Å². The first-order valence-corrected chi connectivity index (χ1v) is 10.2. The highest BCUT2D eigenvalue weighted by atomic mass is 32.2. The fraction of sp³-hybridized carbons (Fsp3) is 0.889. The van der Waals surface area contributed by atoms with E-state index >= 15 is 0 Å². The Morgan fingerprint density at radius 3 is 2.58 bits per heavy atom. The Bertz CT molecular complexity index is 569. The van der Waals surface area contributed by atoms with Crippen LogP contribution in [0.5, 0.6) is 0 Å². The number of sulfone groups is 1. The lowest BCUT2D eigenvalue weighted by Crippen LogP contribution is -2.53. The Labute approximate surface area is 116 Å². The summed E-state index contributed by atoms with van der Waals surface area (Å²) in [6.07, 6.45) is 0.0562. The lowest BCUT2D eigenvalue weighted by Gasteiger charge is -2.33. The minimum atomic E-state index is -3.87. The summed E-state index contributed by atoms with van der Waals surface area (Å²) in [7, 11) is -7.18. The molecule has 2 aliphatic heterocycles. The molecule has 0 aromatic carbocycles. The highest BCUT2D eigenvalue weighted by Gasteiger charge is 2.45. The SMILES string of the molecule is O=C(O)C1CSCCN1S(=O)(=O)C1CCS(=O)(=O)C1. The molecule has 0 aliphatic carbocycles. The number of nitrogens with zero attached hydrogens (tertiary/aromatic N) is 1. The van der Waals surface area contributed by atoms with Crippen LogP contribution >= 0.6 is 11.8 Å². The fourth-order valence-corrected chi connectivity index (χ4v) is 8.19. The van der Waals surface area contributed by atoms with Gasteiger partial charge in [-0.2, -0.15) is 16.1 Å². The van der Waals surface area contributed by atoms with E-state index in [-0.39, 0.29) is 24.5 Å². The van der Waals surface area contributed by atoms with Crippen LogP contribution in [0.15, 0.2) is 0 Å². The summed E-state index contributed by atoms with van der Waals surface area (Å²) in [5.74, 6) is -0.990. The van der Waals surface area contributed by atoms with Crippen molar-refractivity contribution in [1.82, 2.24) is 4.31 Å². The average Bonchev–Trinajstić information content (AvgIpc) is 2.70. The van der Waals surface area contributed by atoms with Gasteiger partial charge in [-0.05, 0) is 6.42 Å². The van der Waals surface area contributed by atoms with Crippen LogP contribution in [-0.2, 0) is 24.7 Å². The zero-order chi connectivity index (χ0) is 14.3. The van der Waals surface area contributed by atoms with E-state index in [0.717, 1.165) is 4.31 Å². The Morgan fingerprint density at radius 2 is 2.05 bits per heavy atom. The molecule has 2 fully saturated rings. The van der Waals surface area contributed by atoms with Gasteiger partial charge in [-0.1, -0.05) is 0 Å². The van der Waals surface area contributed by atoms with Crippen LogP contribution in [0.25, 0.3) is 0 Å². The third-order valence-electron chi connectivity index (χ3n) is 3.30. The lowest BCUT2D eigenvalue weighted by atomic mass is 10.3. The first-order valence-electron chi connectivity index (χ1n) is 5.76. The van der Waals surface area contributed by atoms with Gasteiger partial charge in [-0.25, -0.2) is 16.8 Å². The van der Waals surface area contributed by atoms with Crippen LogP contribution in [0.1, 0.15) is 6.42 Å². The maximum atomic E-state index is 12.4. The van der Waals surface area contributed by atoms with Crippen molar-refractivity contribution in [2.24, 2.45) is 0 Å². The Hall–Kier alpha value is -0.320. The number of sulfonamides is 1. The minimum absolute atomic E-state index is 0.0562. The Kier molecular flexibility index (Phi) is 4.15. The van der Waals surface area contributed by atoms with Crippen molar-refractivity contribution in [3.63, 3.8) is 0 Å². The van der Waals surface area contributed by atoms with Crippen LogP contribution in [0.4, 0.5) is 0 Å². The molecule has 0 aromatic heterocycles. The molecule has 1 N–H and O–H groups in total. The average molecular weight is 329 g/mol. The highest BCUT2D eigenvalue weighted by molar-refractivity contribution is 7.99. The monoisotopic (exact) mass is 329 g/mol. The second-order valence-corrected chi connectivity index (χ2v) is 10.2. The maximum absolute atomic E-state index is 12.4. The summed E-state index contributed by atoms with van der Waals surface area (Å²) in [5.41, 5.74) is 0. The van der Waals surface area contributed by atoms with Crippen LogP contribution in [0, 0.1) is 0 Å². The van der Waals surface area contributed by atoms with Gasteiger partial charge >= 0.3 is 5.97 Å². The van der Waals surface area contributed by atoms with E-state index in [1.54, 1.807) is 0 Å². The van der Waals surface area contributed by atoms with Crippen molar-refractivity contribution in [2.45, 2.75) is 17.7 Å². The molecular formula is C9H15NO6S3. The second kappa shape index (κ2) is 5.23. The van der Waals surface area contributed by atoms with Crippen LogP contribution < -0.4 is 0 Å². The molecule has 10 heteroatoms. The predicted molar refractivity (Wildman–Crippen MR) is 71.4 cm³/mol. The summed E-state index contributed by atoms with van der Waals surface area (Å²) in [6, 6.07) is -1.09. The highest BCUT2D eigenvalue weighted by Crippen LogP contribution is 2.27. The number of thioether (sulfide) groups is 1. The number of carbonyl (C=O) groups is 1. The van der Waals surface area contributed by atoms with E-state index in [4.69, 9.17) is 5.11 Å². The first kappa shape index (κ1) is 15.1. The van der Waals surface area contributed by atoms with Crippen molar-refractivity contribution >= 4 is 37.6 Å². The standard InChI is InChI=1S/C9H15NO6S3/c11-9(12)8-5-17-3-2-10(8)19(15,16)7-1-4-18(13,14)6-7/h7-8H,1-6H2,(H,11,12). The summed E-state index contributed by atoms with van der Waals surface area (Å²) in [5, 5.41) is 8.08. The van der Waals surface area contributed by atoms with Gasteiger partial charge in [0.2, 0.25) is 10.0 Å². The van der Waals surface area contributed by atoms with Gasteiger partial charge in [0.15, 0.2) is 9.84 Å². The second-order valence-electron chi connectivity index (χ2n) is 4.61. The van der Waals surface area contributed by atoms with Gasteiger partial charge in [0.25, 0.3) is 0 Å². The van der Waals surface area contributed by atoms with E-state index in [0.29, 0.717) is 5.75 Å². The van der Waals surface area contributed by atoms with Crippen molar-refractivity contribution in [3.05, 3.63) is 0 Å². The Balaban J connectivity index is 2.25. The summed E-state index contributed by atoms with van der Waals surface area (Å²) in [4.78, 5) is 11.1. The predicted octanol–water partition coefficient (Wildman–Crippen LogP) is -0.995. The lowest BCUT2D eigenvalue weighted by molar-refractivity contribution is -0.140. The van der Waals surface area contributed by atoms with E-state index < -0.39 is 42.9 Å². The number of aliphatic carboxylic acids is 1. The van der Waals surface area contributed by atoms with Crippen molar-refractivity contribution in [2.75, 3.05) is 29.6 Å². The molecule has 0 bridgehead atoms. The zero-order valence-electron chi connectivity index (χ0n) is 10.1. The smallest absolute Gasteiger partial charge is 0.322 e. The first-order chi connectivity index (χ1) is 8.74. The number of carboxylic acid groups (broad SMARTS) is 1. The third-order valence-corrected chi connectivity index (χ3v) is 8.64. The van der Waals surface area contributed by atoms with E-state index in [9.17, 15) is 21.6 Å².